The molecule has 0 aliphatic carbocycles. The lowest BCUT2D eigenvalue weighted by molar-refractivity contribution is -0.141. The molecule has 20 heavy (non-hydrogen) atoms. The van der Waals surface area contributed by atoms with Gasteiger partial charge in [-0.3, -0.25) is 4.79 Å². The Bertz CT molecular complexity index is 458. The van der Waals surface area contributed by atoms with Crippen molar-refractivity contribution < 1.29 is 19.1 Å². The average Bonchev–Trinajstić information content (AvgIpc) is 3.07. The molecule has 0 radical (unpaired) electrons. The Labute approximate surface area is 117 Å². The van der Waals surface area contributed by atoms with Crippen molar-refractivity contribution in [3.05, 3.63) is 24.2 Å². The minimum atomic E-state index is -0.828. The number of urea groups is 1. The molecule has 2 unspecified atom stereocenters. The zero-order valence-electron chi connectivity index (χ0n) is 11.5. The van der Waals surface area contributed by atoms with Crippen molar-refractivity contribution in [2.75, 3.05) is 13.1 Å². The number of carbonyl (C=O) groups excluding carboxylic acids is 1. The first-order valence-electron chi connectivity index (χ1n) is 6.87. The summed E-state index contributed by atoms with van der Waals surface area (Å²) >= 11 is 0. The predicted molar refractivity (Wildman–Crippen MR) is 72.3 cm³/mol. The van der Waals surface area contributed by atoms with Crippen molar-refractivity contribution in [1.29, 1.82) is 0 Å². The van der Waals surface area contributed by atoms with Crippen LogP contribution in [0.3, 0.4) is 0 Å². The summed E-state index contributed by atoms with van der Waals surface area (Å²) in [5, 5.41) is 11.8. The smallest absolute Gasteiger partial charge is 0.317 e. The average molecular weight is 280 g/mol. The fourth-order valence-corrected chi connectivity index (χ4v) is 2.33. The standard InChI is InChI=1S/C14H20N2O4/c1-10(4-5-12-3-2-8-20-12)15-14(19)16-7-6-11(9-16)13(17)18/h2-3,8,10-11H,4-7,9H2,1H3,(H,15,19)(H,17,18). The van der Waals surface area contributed by atoms with E-state index in [9.17, 15) is 9.59 Å². The third kappa shape index (κ3) is 3.76. The first-order valence-corrected chi connectivity index (χ1v) is 6.87. The largest absolute Gasteiger partial charge is 0.481 e. The van der Waals surface area contributed by atoms with Gasteiger partial charge in [-0.1, -0.05) is 0 Å². The predicted octanol–water partition coefficient (Wildman–Crippen LogP) is 1.72. The van der Waals surface area contributed by atoms with Gasteiger partial charge in [0.05, 0.1) is 12.2 Å². The van der Waals surface area contributed by atoms with E-state index in [1.165, 1.54) is 0 Å². The molecule has 0 bridgehead atoms. The van der Waals surface area contributed by atoms with Crippen molar-refractivity contribution >= 4 is 12.0 Å². The molecule has 2 heterocycles. The number of hydrogen-bond acceptors (Lipinski definition) is 3. The van der Waals surface area contributed by atoms with E-state index in [4.69, 9.17) is 9.52 Å². The van der Waals surface area contributed by atoms with Gasteiger partial charge in [-0.2, -0.15) is 0 Å². The van der Waals surface area contributed by atoms with Gasteiger partial charge in [-0.05, 0) is 31.9 Å². The third-order valence-corrected chi connectivity index (χ3v) is 3.60. The molecule has 1 aromatic rings. The quantitative estimate of drug-likeness (QED) is 0.860. The second kappa shape index (κ2) is 6.45. The van der Waals surface area contributed by atoms with E-state index >= 15 is 0 Å². The number of furan rings is 1. The van der Waals surface area contributed by atoms with E-state index < -0.39 is 11.9 Å². The maximum Gasteiger partial charge on any atom is 0.317 e. The third-order valence-electron chi connectivity index (χ3n) is 3.60. The van der Waals surface area contributed by atoms with Gasteiger partial charge in [0.15, 0.2) is 0 Å². The first kappa shape index (κ1) is 14.4. The van der Waals surface area contributed by atoms with Crippen LogP contribution in [-0.4, -0.2) is 41.1 Å². The minimum Gasteiger partial charge on any atom is -0.481 e. The summed E-state index contributed by atoms with van der Waals surface area (Å²) in [6.45, 7) is 2.74. The van der Waals surface area contributed by atoms with Crippen LogP contribution in [0.5, 0.6) is 0 Å². The second-order valence-electron chi connectivity index (χ2n) is 5.24. The van der Waals surface area contributed by atoms with Crippen LogP contribution in [0.2, 0.25) is 0 Å². The number of likely N-dealkylation sites (tertiary alicyclic amines) is 1. The maximum absolute atomic E-state index is 12.0. The second-order valence-corrected chi connectivity index (χ2v) is 5.24. The molecular formula is C14H20N2O4. The highest BCUT2D eigenvalue weighted by Crippen LogP contribution is 2.16. The SMILES string of the molecule is CC(CCc1ccco1)NC(=O)N1CCC(C(=O)O)C1. The molecule has 1 fully saturated rings. The molecule has 2 amide bonds. The molecule has 0 saturated carbocycles. The molecule has 0 spiro atoms. The van der Waals surface area contributed by atoms with E-state index in [2.05, 4.69) is 5.32 Å². The molecule has 1 saturated heterocycles. The highest BCUT2D eigenvalue weighted by Gasteiger charge is 2.31. The molecule has 0 aromatic carbocycles. The summed E-state index contributed by atoms with van der Waals surface area (Å²) < 4.78 is 5.24. The molecule has 110 valence electrons. The van der Waals surface area contributed by atoms with Gasteiger partial charge in [0.25, 0.3) is 0 Å². The van der Waals surface area contributed by atoms with Gasteiger partial charge in [-0.25, -0.2) is 4.79 Å². The van der Waals surface area contributed by atoms with E-state index in [-0.39, 0.29) is 12.1 Å². The fourth-order valence-electron chi connectivity index (χ4n) is 2.33. The van der Waals surface area contributed by atoms with Gasteiger partial charge in [0, 0.05) is 25.6 Å². The van der Waals surface area contributed by atoms with Gasteiger partial charge in [-0.15, -0.1) is 0 Å². The molecule has 1 aromatic heterocycles. The Hall–Kier alpha value is -1.98. The van der Waals surface area contributed by atoms with Crippen molar-refractivity contribution in [3.8, 4) is 0 Å². The molecular weight excluding hydrogens is 260 g/mol. The normalized spacial score (nSPS) is 19.9. The number of aliphatic carboxylic acids is 1. The minimum absolute atomic E-state index is 0.0245. The van der Waals surface area contributed by atoms with Gasteiger partial charge in [0.2, 0.25) is 0 Å². The number of nitrogens with zero attached hydrogens (tertiary/aromatic N) is 1. The summed E-state index contributed by atoms with van der Waals surface area (Å²) in [5.74, 6) is -0.358. The van der Waals surface area contributed by atoms with Crippen molar-refractivity contribution in [2.45, 2.75) is 32.2 Å². The number of aryl methyl sites for hydroxylation is 1. The number of amides is 2. The number of nitrogens with one attached hydrogen (secondary N) is 1. The summed E-state index contributed by atoms with van der Waals surface area (Å²) in [4.78, 5) is 24.4. The van der Waals surface area contributed by atoms with Crippen LogP contribution in [0.15, 0.2) is 22.8 Å². The first-order chi connectivity index (χ1) is 9.56. The summed E-state index contributed by atoms with van der Waals surface area (Å²) in [6, 6.07) is 3.60. The Morgan fingerprint density at radius 3 is 3.00 bits per heavy atom. The molecule has 2 N–H and O–H groups in total. The number of hydrogen-bond donors (Lipinski definition) is 2. The lowest BCUT2D eigenvalue weighted by Crippen LogP contribution is -2.43. The van der Waals surface area contributed by atoms with Crippen LogP contribution in [0.1, 0.15) is 25.5 Å². The molecule has 2 rings (SSSR count). The van der Waals surface area contributed by atoms with Crippen LogP contribution >= 0.6 is 0 Å². The maximum atomic E-state index is 12.0. The number of carbonyl (C=O) groups is 2. The lowest BCUT2D eigenvalue weighted by atomic mass is 10.1. The highest BCUT2D eigenvalue weighted by atomic mass is 16.4. The van der Waals surface area contributed by atoms with E-state index in [0.717, 1.165) is 18.6 Å². The summed E-state index contributed by atoms with van der Waals surface area (Å²) in [6.07, 6.45) is 3.72. The topological polar surface area (TPSA) is 82.8 Å². The summed E-state index contributed by atoms with van der Waals surface area (Å²) in [7, 11) is 0. The Morgan fingerprint density at radius 2 is 2.40 bits per heavy atom. The zero-order chi connectivity index (χ0) is 14.5. The van der Waals surface area contributed by atoms with Crippen LogP contribution in [-0.2, 0) is 11.2 Å². The number of carboxylic acids is 1. The van der Waals surface area contributed by atoms with E-state index in [0.29, 0.717) is 19.5 Å². The van der Waals surface area contributed by atoms with E-state index in [1.807, 2.05) is 19.1 Å². The molecule has 1 aliphatic rings. The highest BCUT2D eigenvalue weighted by molar-refractivity contribution is 5.77. The van der Waals surface area contributed by atoms with Crippen LogP contribution < -0.4 is 5.32 Å². The molecule has 6 nitrogen and oxygen atoms in total. The monoisotopic (exact) mass is 280 g/mol. The van der Waals surface area contributed by atoms with Crippen LogP contribution in [0.25, 0.3) is 0 Å². The van der Waals surface area contributed by atoms with Crippen LogP contribution in [0.4, 0.5) is 4.79 Å². The van der Waals surface area contributed by atoms with Crippen molar-refractivity contribution in [2.24, 2.45) is 5.92 Å². The molecule has 2 atom stereocenters. The molecule has 6 heteroatoms. The van der Waals surface area contributed by atoms with Crippen molar-refractivity contribution in [3.63, 3.8) is 0 Å². The van der Waals surface area contributed by atoms with Gasteiger partial charge < -0.3 is 19.7 Å². The Kier molecular flexibility index (Phi) is 4.65. The molecule has 1 aliphatic heterocycles. The number of rotatable bonds is 5. The fraction of sp³-hybridized carbons (Fsp3) is 0.571. The Morgan fingerprint density at radius 1 is 1.60 bits per heavy atom. The van der Waals surface area contributed by atoms with Crippen molar-refractivity contribution in [1.82, 2.24) is 10.2 Å². The van der Waals surface area contributed by atoms with Gasteiger partial charge >= 0.3 is 12.0 Å². The van der Waals surface area contributed by atoms with Crippen LogP contribution in [0, 0.1) is 5.92 Å². The number of carboxylic acid groups (broad SMARTS) is 1. The van der Waals surface area contributed by atoms with E-state index in [1.54, 1.807) is 11.2 Å². The zero-order valence-corrected chi connectivity index (χ0v) is 11.5. The lowest BCUT2D eigenvalue weighted by Gasteiger charge is -2.20. The summed E-state index contributed by atoms with van der Waals surface area (Å²) in [5.41, 5.74) is 0. The Balaban J connectivity index is 1.72. The van der Waals surface area contributed by atoms with Gasteiger partial charge in [0.1, 0.15) is 5.76 Å².